The van der Waals surface area contributed by atoms with Gasteiger partial charge in [0, 0.05) is 22.8 Å². The molecule has 0 fully saturated rings. The van der Waals surface area contributed by atoms with Gasteiger partial charge in [-0.25, -0.2) is 4.39 Å². The smallest absolute Gasteiger partial charge is 0.253 e. The fraction of sp³-hybridized carbons (Fsp3) is 0.138. The summed E-state index contributed by atoms with van der Waals surface area (Å²) in [6, 6.07) is 34.0. The lowest BCUT2D eigenvalue weighted by molar-refractivity contribution is -0.128. The van der Waals surface area contributed by atoms with Crippen molar-refractivity contribution in [1.82, 2.24) is 0 Å². The fourth-order valence-corrected chi connectivity index (χ4v) is 4.29. The molecule has 0 radical (unpaired) electrons. The second-order valence-corrected chi connectivity index (χ2v) is 8.95. The third-order valence-corrected chi connectivity index (χ3v) is 6.37. The molecule has 1 atom stereocenters. The first kappa shape index (κ1) is 23.7. The topological polar surface area (TPSA) is 38.3 Å². The molecule has 172 valence electrons. The number of carbonyl (C=O) groups excluding carboxylic acids is 1. The third kappa shape index (κ3) is 7.30. The first-order valence-electron chi connectivity index (χ1n) is 11.1. The van der Waals surface area contributed by atoms with E-state index < -0.39 is 6.10 Å². The van der Waals surface area contributed by atoms with Gasteiger partial charge in [-0.1, -0.05) is 72.8 Å². The lowest BCUT2D eigenvalue weighted by atomic mass is 10.1. The molecule has 0 aliphatic carbocycles. The van der Waals surface area contributed by atoms with E-state index in [9.17, 15) is 9.18 Å². The third-order valence-electron chi connectivity index (χ3n) is 5.29. The summed E-state index contributed by atoms with van der Waals surface area (Å²) >= 11 is 1.75. The van der Waals surface area contributed by atoms with E-state index in [0.29, 0.717) is 6.42 Å². The molecule has 0 bridgehead atoms. The minimum Gasteiger partial charge on any atom is -0.363 e. The summed E-state index contributed by atoms with van der Waals surface area (Å²) in [7, 11) is 0. The van der Waals surface area contributed by atoms with Crippen molar-refractivity contribution in [3.63, 3.8) is 0 Å². The summed E-state index contributed by atoms with van der Waals surface area (Å²) in [5, 5.41) is 2.98. The Labute approximate surface area is 204 Å². The summed E-state index contributed by atoms with van der Waals surface area (Å²) < 4.78 is 19.2. The van der Waals surface area contributed by atoms with Crippen LogP contribution in [0.4, 0.5) is 10.1 Å². The van der Waals surface area contributed by atoms with Gasteiger partial charge in [0.05, 0.1) is 6.61 Å². The highest BCUT2D eigenvalue weighted by molar-refractivity contribution is 7.98. The molecule has 0 unspecified atom stereocenters. The van der Waals surface area contributed by atoms with Gasteiger partial charge in [-0.15, -0.1) is 11.8 Å². The van der Waals surface area contributed by atoms with Crippen LogP contribution in [-0.4, -0.2) is 12.0 Å². The van der Waals surface area contributed by atoms with Gasteiger partial charge in [-0.2, -0.15) is 0 Å². The highest BCUT2D eigenvalue weighted by atomic mass is 32.2. The summed E-state index contributed by atoms with van der Waals surface area (Å²) in [6.07, 6.45) is -0.238. The molecule has 0 heterocycles. The average molecular weight is 472 g/mol. The summed E-state index contributed by atoms with van der Waals surface area (Å²) in [6.45, 7) is 0.222. The van der Waals surface area contributed by atoms with Gasteiger partial charge in [0.25, 0.3) is 5.91 Å². The number of amides is 1. The van der Waals surface area contributed by atoms with E-state index in [1.807, 2.05) is 72.8 Å². The molecule has 1 amide bonds. The average Bonchev–Trinajstić information content (AvgIpc) is 2.88. The van der Waals surface area contributed by atoms with E-state index in [4.69, 9.17) is 4.74 Å². The molecule has 34 heavy (non-hydrogen) atoms. The van der Waals surface area contributed by atoms with Crippen LogP contribution in [0, 0.1) is 5.82 Å². The molecule has 1 N–H and O–H groups in total. The van der Waals surface area contributed by atoms with Gasteiger partial charge in [0.2, 0.25) is 0 Å². The predicted molar refractivity (Wildman–Crippen MR) is 136 cm³/mol. The van der Waals surface area contributed by atoms with Crippen molar-refractivity contribution >= 4 is 23.4 Å². The van der Waals surface area contributed by atoms with Crippen LogP contribution in [-0.2, 0) is 28.3 Å². The lowest BCUT2D eigenvalue weighted by Crippen LogP contribution is -2.32. The Morgan fingerprint density at radius 3 is 2.03 bits per heavy atom. The number of anilines is 1. The Bertz CT molecular complexity index is 1170. The zero-order valence-electron chi connectivity index (χ0n) is 18.7. The maximum atomic E-state index is 13.2. The van der Waals surface area contributed by atoms with E-state index in [0.717, 1.165) is 27.5 Å². The number of hydrogen-bond donors (Lipinski definition) is 1. The molecule has 5 heteroatoms. The van der Waals surface area contributed by atoms with Crippen molar-refractivity contribution in [2.75, 3.05) is 5.32 Å². The number of rotatable bonds is 10. The number of halogens is 1. The molecule has 0 saturated carbocycles. The zero-order chi connectivity index (χ0) is 23.6. The second kappa shape index (κ2) is 12.2. The number of ether oxygens (including phenoxy) is 1. The van der Waals surface area contributed by atoms with Crippen molar-refractivity contribution in [1.29, 1.82) is 0 Å². The zero-order valence-corrected chi connectivity index (χ0v) is 19.5. The van der Waals surface area contributed by atoms with Gasteiger partial charge in [-0.05, 0) is 53.1 Å². The van der Waals surface area contributed by atoms with E-state index in [1.165, 1.54) is 17.7 Å². The summed E-state index contributed by atoms with van der Waals surface area (Å²) in [5.41, 5.74) is 3.81. The maximum absolute atomic E-state index is 13.2. The Morgan fingerprint density at radius 1 is 0.765 bits per heavy atom. The van der Waals surface area contributed by atoms with Gasteiger partial charge in [-0.3, -0.25) is 4.79 Å². The number of nitrogens with one attached hydrogen (secondary N) is 1. The molecular weight excluding hydrogens is 445 g/mol. The highest BCUT2D eigenvalue weighted by Gasteiger charge is 2.20. The summed E-state index contributed by atoms with van der Waals surface area (Å²) in [5.74, 6) is 0.381. The quantitative estimate of drug-likeness (QED) is 0.256. The monoisotopic (exact) mass is 471 g/mol. The Hall–Kier alpha value is -3.41. The van der Waals surface area contributed by atoms with Crippen LogP contribution in [0.25, 0.3) is 0 Å². The second-order valence-electron chi connectivity index (χ2n) is 7.90. The SMILES string of the molecule is O=C(Nc1ccc(SCc2ccccc2)cc1)[C@H](Cc1ccccc1)OCc1ccc(F)cc1. The van der Waals surface area contributed by atoms with Crippen LogP contribution in [0.1, 0.15) is 16.7 Å². The van der Waals surface area contributed by atoms with Crippen LogP contribution in [0.15, 0.2) is 114 Å². The Balaban J connectivity index is 1.38. The van der Waals surface area contributed by atoms with Gasteiger partial charge < -0.3 is 10.1 Å². The Morgan fingerprint density at radius 2 is 1.38 bits per heavy atom. The number of carbonyl (C=O) groups is 1. The van der Waals surface area contributed by atoms with E-state index in [1.54, 1.807) is 23.9 Å². The number of thioether (sulfide) groups is 1. The van der Waals surface area contributed by atoms with Gasteiger partial charge in [0.1, 0.15) is 11.9 Å². The van der Waals surface area contributed by atoms with Crippen LogP contribution in [0.2, 0.25) is 0 Å². The summed E-state index contributed by atoms with van der Waals surface area (Å²) in [4.78, 5) is 14.2. The molecule has 0 saturated heterocycles. The molecule has 0 spiro atoms. The molecule has 0 aromatic heterocycles. The van der Waals surface area contributed by atoms with Crippen molar-refractivity contribution in [3.8, 4) is 0 Å². The predicted octanol–water partition coefficient (Wildman–Crippen LogP) is 6.88. The molecule has 0 aliphatic heterocycles. The largest absolute Gasteiger partial charge is 0.363 e. The first-order valence-corrected chi connectivity index (χ1v) is 12.1. The molecular formula is C29H26FNO2S. The molecule has 0 aliphatic rings. The number of hydrogen-bond acceptors (Lipinski definition) is 3. The molecule has 4 aromatic rings. The van der Waals surface area contributed by atoms with Crippen LogP contribution in [0.3, 0.4) is 0 Å². The van der Waals surface area contributed by atoms with Crippen LogP contribution < -0.4 is 5.32 Å². The highest BCUT2D eigenvalue weighted by Crippen LogP contribution is 2.24. The first-order chi connectivity index (χ1) is 16.7. The molecule has 4 aromatic carbocycles. The molecule has 4 rings (SSSR count). The standard InChI is InChI=1S/C29H26FNO2S/c30-25-13-11-23(12-14-25)20-33-28(19-22-7-3-1-4-8-22)29(32)31-26-15-17-27(18-16-26)34-21-24-9-5-2-6-10-24/h1-18,28H,19-21H2,(H,31,32)/t28-/m0/s1. The van der Waals surface area contributed by atoms with Gasteiger partial charge in [0.15, 0.2) is 0 Å². The van der Waals surface area contributed by atoms with Crippen molar-refractivity contribution in [2.45, 2.75) is 29.8 Å². The van der Waals surface area contributed by atoms with Crippen LogP contribution in [0.5, 0.6) is 0 Å². The van der Waals surface area contributed by atoms with E-state index >= 15 is 0 Å². The Kier molecular flexibility index (Phi) is 8.49. The van der Waals surface area contributed by atoms with Crippen molar-refractivity contribution < 1.29 is 13.9 Å². The number of benzene rings is 4. The van der Waals surface area contributed by atoms with Crippen molar-refractivity contribution in [3.05, 3.63) is 132 Å². The lowest BCUT2D eigenvalue weighted by Gasteiger charge is -2.18. The minimum absolute atomic E-state index is 0.212. The normalized spacial score (nSPS) is 11.7. The molecule has 3 nitrogen and oxygen atoms in total. The van der Waals surface area contributed by atoms with E-state index in [2.05, 4.69) is 17.4 Å². The van der Waals surface area contributed by atoms with Crippen LogP contribution >= 0.6 is 11.8 Å². The van der Waals surface area contributed by atoms with E-state index in [-0.39, 0.29) is 18.3 Å². The fourth-order valence-electron chi connectivity index (χ4n) is 3.43. The van der Waals surface area contributed by atoms with Crippen molar-refractivity contribution in [2.24, 2.45) is 0 Å². The minimum atomic E-state index is -0.681. The van der Waals surface area contributed by atoms with Gasteiger partial charge >= 0.3 is 0 Å². The maximum Gasteiger partial charge on any atom is 0.253 e.